The summed E-state index contributed by atoms with van der Waals surface area (Å²) in [5, 5.41) is 11.5. The van der Waals surface area contributed by atoms with Crippen LogP contribution in [0.1, 0.15) is 19.5 Å². The largest absolute Gasteiger partial charge is 0.390 e. The summed E-state index contributed by atoms with van der Waals surface area (Å²) in [6.07, 6.45) is 1.94. The van der Waals surface area contributed by atoms with E-state index in [1.165, 1.54) is 0 Å². The zero-order valence-electron chi connectivity index (χ0n) is 11.0. The average Bonchev–Trinajstić information content (AvgIpc) is 2.89. The smallest absolute Gasteiger partial charge is 0.195 e. The standard InChI is InChI=1S/C12H19N3O2S/c1-9(2)14(4-6-17-3)11-10(8-16)15-5-7-18-12(15)13-11/h5,7,9,16H,4,6,8H2,1-3H3. The molecular weight excluding hydrogens is 250 g/mol. The summed E-state index contributed by atoms with van der Waals surface area (Å²) in [5.41, 5.74) is 0.844. The molecule has 100 valence electrons. The molecule has 0 saturated carbocycles. The van der Waals surface area contributed by atoms with Crippen molar-refractivity contribution in [3.8, 4) is 0 Å². The Morgan fingerprint density at radius 3 is 2.94 bits per heavy atom. The SMILES string of the molecule is COCCN(c1nc2sccn2c1CO)C(C)C. The van der Waals surface area contributed by atoms with Gasteiger partial charge in [0.2, 0.25) is 0 Å². The Morgan fingerprint density at radius 2 is 2.33 bits per heavy atom. The minimum absolute atomic E-state index is 0.0105. The monoisotopic (exact) mass is 269 g/mol. The number of rotatable bonds is 6. The van der Waals surface area contributed by atoms with Crippen molar-refractivity contribution >= 4 is 22.1 Å². The topological polar surface area (TPSA) is 50.0 Å². The number of hydrogen-bond acceptors (Lipinski definition) is 5. The van der Waals surface area contributed by atoms with Crippen LogP contribution in [0.15, 0.2) is 11.6 Å². The van der Waals surface area contributed by atoms with Crippen molar-refractivity contribution in [1.82, 2.24) is 9.38 Å². The number of ether oxygens (including phenoxy) is 1. The van der Waals surface area contributed by atoms with Crippen molar-refractivity contribution in [2.24, 2.45) is 0 Å². The molecule has 0 amide bonds. The molecule has 2 rings (SSSR count). The summed E-state index contributed by atoms with van der Waals surface area (Å²) in [6.45, 7) is 5.64. The molecule has 2 aromatic heterocycles. The minimum Gasteiger partial charge on any atom is -0.390 e. The molecule has 6 heteroatoms. The Kier molecular flexibility index (Phi) is 4.21. The first-order valence-corrected chi connectivity index (χ1v) is 6.87. The second-order valence-electron chi connectivity index (χ2n) is 4.38. The summed E-state index contributed by atoms with van der Waals surface area (Å²) in [5.74, 6) is 0.858. The fourth-order valence-corrected chi connectivity index (χ4v) is 2.72. The lowest BCUT2D eigenvalue weighted by Gasteiger charge is -2.27. The quantitative estimate of drug-likeness (QED) is 0.868. The second-order valence-corrected chi connectivity index (χ2v) is 5.25. The molecular formula is C12H19N3O2S. The molecule has 0 bridgehead atoms. The second kappa shape index (κ2) is 5.69. The molecule has 0 saturated heterocycles. The van der Waals surface area contributed by atoms with Crippen LogP contribution in [0.3, 0.4) is 0 Å². The first-order valence-electron chi connectivity index (χ1n) is 6.00. The summed E-state index contributed by atoms with van der Waals surface area (Å²) in [4.78, 5) is 7.69. The highest BCUT2D eigenvalue weighted by Crippen LogP contribution is 2.26. The molecule has 2 aromatic rings. The number of methoxy groups -OCH3 is 1. The molecule has 0 aliphatic carbocycles. The van der Waals surface area contributed by atoms with Gasteiger partial charge in [0.1, 0.15) is 0 Å². The number of thiazole rings is 1. The Labute approximate surface area is 111 Å². The van der Waals surface area contributed by atoms with E-state index >= 15 is 0 Å². The van der Waals surface area contributed by atoms with E-state index in [1.807, 2.05) is 16.0 Å². The molecule has 5 nitrogen and oxygen atoms in total. The van der Waals surface area contributed by atoms with Gasteiger partial charge >= 0.3 is 0 Å². The first kappa shape index (κ1) is 13.3. The first-order chi connectivity index (χ1) is 8.69. The van der Waals surface area contributed by atoms with Gasteiger partial charge in [-0.05, 0) is 13.8 Å². The van der Waals surface area contributed by atoms with Gasteiger partial charge in [-0.2, -0.15) is 0 Å². The fraction of sp³-hybridized carbons (Fsp3) is 0.583. The summed E-state index contributed by atoms with van der Waals surface area (Å²) in [7, 11) is 1.69. The molecule has 0 radical (unpaired) electrons. The molecule has 0 atom stereocenters. The van der Waals surface area contributed by atoms with E-state index in [-0.39, 0.29) is 6.61 Å². The molecule has 0 spiro atoms. The van der Waals surface area contributed by atoms with Crippen molar-refractivity contribution in [2.45, 2.75) is 26.5 Å². The van der Waals surface area contributed by atoms with Crippen molar-refractivity contribution in [1.29, 1.82) is 0 Å². The number of aromatic nitrogens is 2. The summed E-state index contributed by atoms with van der Waals surface area (Å²) >= 11 is 1.57. The van der Waals surface area contributed by atoms with Crippen molar-refractivity contribution in [3.63, 3.8) is 0 Å². The third kappa shape index (κ3) is 2.36. The van der Waals surface area contributed by atoms with Crippen LogP contribution in [0.5, 0.6) is 0 Å². The van der Waals surface area contributed by atoms with E-state index in [0.717, 1.165) is 23.0 Å². The molecule has 18 heavy (non-hydrogen) atoms. The van der Waals surface area contributed by atoms with E-state index in [9.17, 15) is 5.11 Å². The highest BCUT2D eigenvalue weighted by molar-refractivity contribution is 7.15. The van der Waals surface area contributed by atoms with Crippen LogP contribution >= 0.6 is 11.3 Å². The van der Waals surface area contributed by atoms with Crippen molar-refractivity contribution in [3.05, 3.63) is 17.3 Å². The van der Waals surface area contributed by atoms with Crippen LogP contribution < -0.4 is 4.90 Å². The zero-order chi connectivity index (χ0) is 13.1. The maximum Gasteiger partial charge on any atom is 0.195 e. The molecule has 0 fully saturated rings. The van der Waals surface area contributed by atoms with Crippen LogP contribution in [0.25, 0.3) is 4.96 Å². The van der Waals surface area contributed by atoms with E-state index in [2.05, 4.69) is 23.7 Å². The molecule has 0 unspecified atom stereocenters. The Hall–Kier alpha value is -1.11. The summed E-state index contributed by atoms with van der Waals surface area (Å²) in [6, 6.07) is 0.315. The average molecular weight is 269 g/mol. The van der Waals surface area contributed by atoms with Gasteiger partial charge in [0.05, 0.1) is 18.9 Å². The van der Waals surface area contributed by atoms with Gasteiger partial charge in [-0.3, -0.25) is 4.40 Å². The predicted molar refractivity (Wildman–Crippen MR) is 73.3 cm³/mol. The van der Waals surface area contributed by atoms with Gasteiger partial charge in [-0.1, -0.05) is 0 Å². The number of anilines is 1. The fourth-order valence-electron chi connectivity index (χ4n) is 2.00. The van der Waals surface area contributed by atoms with E-state index in [1.54, 1.807) is 18.4 Å². The van der Waals surface area contributed by atoms with Gasteiger partial charge < -0.3 is 14.7 Å². The Bertz CT molecular complexity index is 506. The highest BCUT2D eigenvalue weighted by Gasteiger charge is 2.20. The lowest BCUT2D eigenvalue weighted by Crippen LogP contribution is -2.34. The minimum atomic E-state index is -0.0105. The van der Waals surface area contributed by atoms with Crippen LogP contribution in [0.2, 0.25) is 0 Å². The van der Waals surface area contributed by atoms with Gasteiger partial charge in [0.15, 0.2) is 10.8 Å². The third-order valence-corrected chi connectivity index (χ3v) is 3.68. The number of aliphatic hydroxyl groups excluding tert-OH is 1. The number of aliphatic hydroxyl groups is 1. The van der Waals surface area contributed by atoms with Crippen LogP contribution in [0.4, 0.5) is 5.82 Å². The van der Waals surface area contributed by atoms with E-state index in [0.29, 0.717) is 12.6 Å². The molecule has 1 N–H and O–H groups in total. The van der Waals surface area contributed by atoms with E-state index in [4.69, 9.17) is 4.74 Å². The zero-order valence-corrected chi connectivity index (χ0v) is 11.8. The molecule has 0 aliphatic heterocycles. The van der Waals surface area contributed by atoms with Crippen molar-refractivity contribution < 1.29 is 9.84 Å². The Balaban J connectivity index is 2.39. The van der Waals surface area contributed by atoms with Gasteiger partial charge in [-0.15, -0.1) is 11.3 Å². The highest BCUT2D eigenvalue weighted by atomic mass is 32.1. The van der Waals surface area contributed by atoms with Crippen LogP contribution in [0, 0.1) is 0 Å². The summed E-state index contributed by atoms with van der Waals surface area (Å²) < 4.78 is 7.08. The predicted octanol–water partition coefficient (Wildman–Crippen LogP) is 1.75. The normalized spacial score (nSPS) is 11.6. The maximum atomic E-state index is 9.57. The molecule has 0 aliphatic rings. The third-order valence-electron chi connectivity index (χ3n) is 2.92. The number of fused-ring (bicyclic) bond motifs is 1. The lowest BCUT2D eigenvalue weighted by atomic mass is 10.3. The van der Waals surface area contributed by atoms with Crippen molar-refractivity contribution in [2.75, 3.05) is 25.2 Å². The van der Waals surface area contributed by atoms with Gasteiger partial charge in [0, 0.05) is 31.3 Å². The number of hydrogen-bond donors (Lipinski definition) is 1. The van der Waals surface area contributed by atoms with E-state index < -0.39 is 0 Å². The number of imidazole rings is 1. The van der Waals surface area contributed by atoms with Crippen LogP contribution in [-0.2, 0) is 11.3 Å². The maximum absolute atomic E-state index is 9.57. The van der Waals surface area contributed by atoms with Gasteiger partial charge in [-0.25, -0.2) is 4.98 Å². The number of nitrogens with zero attached hydrogens (tertiary/aromatic N) is 3. The Morgan fingerprint density at radius 1 is 1.56 bits per heavy atom. The lowest BCUT2D eigenvalue weighted by molar-refractivity contribution is 0.203. The van der Waals surface area contributed by atoms with Crippen LogP contribution in [-0.4, -0.2) is 40.8 Å². The van der Waals surface area contributed by atoms with Gasteiger partial charge in [0.25, 0.3) is 0 Å². The molecule has 2 heterocycles. The molecule has 0 aromatic carbocycles.